The van der Waals surface area contributed by atoms with Gasteiger partial charge in [0.25, 0.3) is 0 Å². The molecule has 1 saturated carbocycles. The Labute approximate surface area is 108 Å². The zero-order valence-corrected chi connectivity index (χ0v) is 10.6. The average molecular weight is 244 g/mol. The van der Waals surface area contributed by atoms with Crippen molar-refractivity contribution in [1.29, 1.82) is 0 Å². The molecule has 1 unspecified atom stereocenters. The average Bonchev–Trinajstić information content (AvgIpc) is 2.97. The molecule has 1 atom stereocenters. The topological polar surface area (TPSA) is 46.3 Å². The van der Waals surface area contributed by atoms with E-state index in [0.29, 0.717) is 5.92 Å². The molecule has 3 heteroatoms. The Bertz CT molecular complexity index is 439. The fourth-order valence-corrected chi connectivity index (χ4v) is 2.79. The molecule has 2 aliphatic rings. The van der Waals surface area contributed by atoms with Crippen molar-refractivity contribution in [1.82, 2.24) is 4.90 Å². The second-order valence-corrected chi connectivity index (χ2v) is 5.75. The number of rotatable bonds is 3. The molecule has 1 aromatic carbocycles. The number of hydrogen-bond acceptors (Lipinski definition) is 2. The first kappa shape index (κ1) is 11.7. The molecule has 0 bridgehead atoms. The van der Waals surface area contributed by atoms with Gasteiger partial charge >= 0.3 is 0 Å². The van der Waals surface area contributed by atoms with Crippen molar-refractivity contribution in [2.75, 3.05) is 13.1 Å². The molecular formula is C15H20N2O. The Kier molecular flexibility index (Phi) is 2.86. The van der Waals surface area contributed by atoms with E-state index >= 15 is 0 Å². The van der Waals surface area contributed by atoms with Crippen LogP contribution in [0.15, 0.2) is 30.3 Å². The van der Waals surface area contributed by atoms with E-state index in [1.165, 1.54) is 5.56 Å². The van der Waals surface area contributed by atoms with E-state index < -0.39 is 5.54 Å². The van der Waals surface area contributed by atoms with Crippen molar-refractivity contribution < 1.29 is 4.79 Å². The van der Waals surface area contributed by atoms with Gasteiger partial charge in [-0.05, 0) is 37.2 Å². The molecule has 1 aliphatic carbocycles. The summed E-state index contributed by atoms with van der Waals surface area (Å²) in [5, 5.41) is 0. The number of amides is 1. The highest BCUT2D eigenvalue weighted by atomic mass is 16.2. The van der Waals surface area contributed by atoms with Crippen LogP contribution in [-0.2, 0) is 11.2 Å². The van der Waals surface area contributed by atoms with E-state index in [9.17, 15) is 4.79 Å². The standard InChI is InChI=1S/C15H20N2O/c16-15(7-8-15)14(18)17-9-6-13(11-17)10-12-4-2-1-3-5-12/h1-5,13H,6-11,16H2. The monoisotopic (exact) mass is 244 g/mol. The highest BCUT2D eigenvalue weighted by Gasteiger charge is 2.49. The minimum atomic E-state index is -0.498. The maximum Gasteiger partial charge on any atom is 0.242 e. The summed E-state index contributed by atoms with van der Waals surface area (Å²) in [4.78, 5) is 14.1. The molecule has 1 saturated heterocycles. The van der Waals surface area contributed by atoms with Gasteiger partial charge in [-0.3, -0.25) is 4.79 Å². The number of nitrogens with zero attached hydrogens (tertiary/aromatic N) is 1. The van der Waals surface area contributed by atoms with Gasteiger partial charge in [-0.25, -0.2) is 0 Å². The number of carbonyl (C=O) groups is 1. The SMILES string of the molecule is NC1(C(=O)N2CCC(Cc3ccccc3)C2)CC1. The Balaban J connectivity index is 1.57. The number of nitrogens with two attached hydrogens (primary N) is 1. The molecule has 1 aliphatic heterocycles. The third-order valence-electron chi connectivity index (χ3n) is 4.15. The van der Waals surface area contributed by atoms with Crippen molar-refractivity contribution in [2.45, 2.75) is 31.2 Å². The molecule has 1 amide bonds. The maximum atomic E-state index is 12.1. The second kappa shape index (κ2) is 4.39. The van der Waals surface area contributed by atoms with Crippen LogP contribution in [0.2, 0.25) is 0 Å². The first-order chi connectivity index (χ1) is 8.67. The van der Waals surface area contributed by atoms with Crippen LogP contribution in [0.25, 0.3) is 0 Å². The smallest absolute Gasteiger partial charge is 0.242 e. The molecular weight excluding hydrogens is 224 g/mol. The largest absolute Gasteiger partial charge is 0.341 e. The highest BCUT2D eigenvalue weighted by molar-refractivity contribution is 5.89. The molecule has 3 nitrogen and oxygen atoms in total. The van der Waals surface area contributed by atoms with Gasteiger partial charge in [0.15, 0.2) is 0 Å². The summed E-state index contributed by atoms with van der Waals surface area (Å²) in [7, 11) is 0. The molecule has 0 radical (unpaired) electrons. The third-order valence-corrected chi connectivity index (χ3v) is 4.15. The van der Waals surface area contributed by atoms with Gasteiger partial charge in [-0.2, -0.15) is 0 Å². The Morgan fingerprint density at radius 1 is 1.33 bits per heavy atom. The lowest BCUT2D eigenvalue weighted by Crippen LogP contribution is -2.44. The molecule has 18 heavy (non-hydrogen) atoms. The Morgan fingerprint density at radius 3 is 2.72 bits per heavy atom. The maximum absolute atomic E-state index is 12.1. The van der Waals surface area contributed by atoms with Crippen molar-refractivity contribution >= 4 is 5.91 Å². The summed E-state index contributed by atoms with van der Waals surface area (Å²) < 4.78 is 0. The summed E-state index contributed by atoms with van der Waals surface area (Å²) in [6.45, 7) is 1.77. The Morgan fingerprint density at radius 2 is 2.06 bits per heavy atom. The zero-order chi connectivity index (χ0) is 12.6. The third kappa shape index (κ3) is 2.27. The minimum Gasteiger partial charge on any atom is -0.341 e. The van der Waals surface area contributed by atoms with Crippen molar-refractivity contribution in [3.8, 4) is 0 Å². The molecule has 3 rings (SSSR count). The summed E-state index contributed by atoms with van der Waals surface area (Å²) in [5.74, 6) is 0.775. The summed E-state index contributed by atoms with van der Waals surface area (Å²) >= 11 is 0. The zero-order valence-electron chi connectivity index (χ0n) is 10.6. The van der Waals surface area contributed by atoms with Gasteiger partial charge in [-0.1, -0.05) is 30.3 Å². The normalized spacial score (nSPS) is 25.2. The van der Waals surface area contributed by atoms with Crippen LogP contribution in [0.5, 0.6) is 0 Å². The number of hydrogen-bond donors (Lipinski definition) is 1. The number of likely N-dealkylation sites (tertiary alicyclic amines) is 1. The van der Waals surface area contributed by atoms with E-state index in [2.05, 4.69) is 24.3 Å². The molecule has 2 fully saturated rings. The molecule has 2 N–H and O–H groups in total. The van der Waals surface area contributed by atoms with Gasteiger partial charge in [0, 0.05) is 13.1 Å². The quantitative estimate of drug-likeness (QED) is 0.877. The van der Waals surface area contributed by atoms with Crippen LogP contribution in [0.3, 0.4) is 0 Å². The predicted octanol–water partition coefficient (Wildman–Crippen LogP) is 1.57. The van der Waals surface area contributed by atoms with Crippen LogP contribution < -0.4 is 5.73 Å². The van der Waals surface area contributed by atoms with E-state index in [1.807, 2.05) is 11.0 Å². The van der Waals surface area contributed by atoms with Crippen molar-refractivity contribution in [3.63, 3.8) is 0 Å². The first-order valence-corrected chi connectivity index (χ1v) is 6.79. The molecule has 0 spiro atoms. The Hall–Kier alpha value is -1.35. The summed E-state index contributed by atoms with van der Waals surface area (Å²) in [6.07, 6.45) is 3.91. The fraction of sp³-hybridized carbons (Fsp3) is 0.533. The van der Waals surface area contributed by atoms with Gasteiger partial charge in [0.2, 0.25) is 5.91 Å². The van der Waals surface area contributed by atoms with Crippen LogP contribution >= 0.6 is 0 Å². The minimum absolute atomic E-state index is 0.179. The van der Waals surface area contributed by atoms with Crippen LogP contribution in [0.4, 0.5) is 0 Å². The lowest BCUT2D eigenvalue weighted by Gasteiger charge is -2.20. The van der Waals surface area contributed by atoms with Crippen LogP contribution in [0.1, 0.15) is 24.8 Å². The first-order valence-electron chi connectivity index (χ1n) is 6.79. The summed E-state index contributed by atoms with van der Waals surface area (Å²) in [6, 6.07) is 10.5. The van der Waals surface area contributed by atoms with Crippen LogP contribution in [0, 0.1) is 5.92 Å². The number of carbonyl (C=O) groups excluding carboxylic acids is 1. The van der Waals surface area contributed by atoms with Gasteiger partial charge in [-0.15, -0.1) is 0 Å². The van der Waals surface area contributed by atoms with Crippen molar-refractivity contribution in [3.05, 3.63) is 35.9 Å². The molecule has 0 aromatic heterocycles. The van der Waals surface area contributed by atoms with Crippen LogP contribution in [-0.4, -0.2) is 29.4 Å². The fourth-order valence-electron chi connectivity index (χ4n) is 2.79. The molecule has 96 valence electrons. The summed E-state index contributed by atoms with van der Waals surface area (Å²) in [5.41, 5.74) is 6.84. The number of benzene rings is 1. The molecule has 1 heterocycles. The lowest BCUT2D eigenvalue weighted by molar-refractivity contribution is -0.132. The van der Waals surface area contributed by atoms with Gasteiger partial charge in [0.05, 0.1) is 5.54 Å². The van der Waals surface area contributed by atoms with E-state index in [1.54, 1.807) is 0 Å². The van der Waals surface area contributed by atoms with Crippen molar-refractivity contribution in [2.24, 2.45) is 11.7 Å². The van der Waals surface area contributed by atoms with E-state index in [-0.39, 0.29) is 5.91 Å². The lowest BCUT2D eigenvalue weighted by atomic mass is 9.99. The van der Waals surface area contributed by atoms with Gasteiger partial charge in [0.1, 0.15) is 0 Å². The molecule has 1 aromatic rings. The van der Waals surface area contributed by atoms with Gasteiger partial charge < -0.3 is 10.6 Å². The van der Waals surface area contributed by atoms with E-state index in [4.69, 9.17) is 5.73 Å². The second-order valence-electron chi connectivity index (χ2n) is 5.75. The highest BCUT2D eigenvalue weighted by Crippen LogP contribution is 2.35. The predicted molar refractivity (Wildman–Crippen MR) is 71.0 cm³/mol. The van der Waals surface area contributed by atoms with E-state index in [0.717, 1.165) is 38.8 Å².